The Hall–Kier alpha value is -1.55. The number of nitrogens with two attached hydrogens (primary N) is 1. The summed E-state index contributed by atoms with van der Waals surface area (Å²) in [5, 5.41) is 5.33. The fourth-order valence-corrected chi connectivity index (χ4v) is 1.44. The summed E-state index contributed by atoms with van der Waals surface area (Å²) < 4.78 is 0. The van der Waals surface area contributed by atoms with Gasteiger partial charge in [-0.15, -0.1) is 0 Å². The van der Waals surface area contributed by atoms with Crippen LogP contribution in [0, 0.1) is 0 Å². The summed E-state index contributed by atoms with van der Waals surface area (Å²) in [5.74, 6) is 0. The van der Waals surface area contributed by atoms with Gasteiger partial charge >= 0.3 is 6.03 Å². The summed E-state index contributed by atoms with van der Waals surface area (Å²) in [6, 6.07) is 7.51. The lowest BCUT2D eigenvalue weighted by molar-refractivity contribution is 0.238. The number of carbonyl (C=O) groups excluding carboxylic acids is 1. The Morgan fingerprint density at radius 2 is 2.15 bits per heavy atom. The van der Waals surface area contributed by atoms with Gasteiger partial charge in [-0.25, -0.2) is 4.79 Å². The van der Waals surface area contributed by atoms with Gasteiger partial charge in [0.15, 0.2) is 0 Å². The van der Waals surface area contributed by atoms with Crippen LogP contribution >= 0.6 is 0 Å². The third-order valence-corrected chi connectivity index (χ3v) is 2.12. The van der Waals surface area contributed by atoms with Gasteiger partial charge in [-0.3, -0.25) is 0 Å². The molecule has 1 aliphatic rings. The molecule has 2 rings (SSSR count). The molecule has 0 aromatic heterocycles. The highest BCUT2D eigenvalue weighted by molar-refractivity contribution is 5.75. The van der Waals surface area contributed by atoms with Crippen LogP contribution < -0.4 is 16.4 Å². The Balaban J connectivity index is 2.40. The predicted molar refractivity (Wildman–Crippen MR) is 48.7 cm³/mol. The first kappa shape index (κ1) is 8.07. The van der Waals surface area contributed by atoms with E-state index in [9.17, 15) is 4.79 Å². The minimum absolute atomic E-state index is 0.219. The minimum atomic E-state index is -0.404. The molecular formula is C9H11N3O. The fraction of sp³-hybridized carbons (Fsp3) is 0.222. The molecule has 1 aromatic carbocycles. The first-order chi connectivity index (χ1) is 6.27. The number of nitrogens with one attached hydrogen (secondary N) is 2. The van der Waals surface area contributed by atoms with Crippen molar-refractivity contribution in [2.45, 2.75) is 12.7 Å². The van der Waals surface area contributed by atoms with E-state index in [4.69, 9.17) is 5.73 Å². The van der Waals surface area contributed by atoms with Gasteiger partial charge in [0.25, 0.3) is 0 Å². The first-order valence-electron chi connectivity index (χ1n) is 4.15. The number of benzene rings is 1. The molecule has 4 N–H and O–H groups in total. The van der Waals surface area contributed by atoms with E-state index < -0.39 is 6.17 Å². The van der Waals surface area contributed by atoms with Crippen molar-refractivity contribution >= 4 is 6.03 Å². The van der Waals surface area contributed by atoms with Crippen molar-refractivity contribution in [1.82, 2.24) is 10.6 Å². The second-order valence-corrected chi connectivity index (χ2v) is 3.00. The summed E-state index contributed by atoms with van der Waals surface area (Å²) in [6.45, 7) is 0.537. The Labute approximate surface area is 76.1 Å². The summed E-state index contributed by atoms with van der Waals surface area (Å²) >= 11 is 0. The number of fused-ring (bicyclic) bond motifs is 1. The molecule has 68 valence electrons. The van der Waals surface area contributed by atoms with Crippen molar-refractivity contribution in [3.05, 3.63) is 35.4 Å². The van der Waals surface area contributed by atoms with Gasteiger partial charge < -0.3 is 16.4 Å². The van der Waals surface area contributed by atoms with E-state index in [1.807, 2.05) is 24.3 Å². The van der Waals surface area contributed by atoms with Gasteiger partial charge in [0.2, 0.25) is 0 Å². The van der Waals surface area contributed by atoms with Crippen LogP contribution in [-0.2, 0) is 6.54 Å². The van der Waals surface area contributed by atoms with Crippen LogP contribution in [0.3, 0.4) is 0 Å². The lowest BCUT2D eigenvalue weighted by atomic mass is 10.1. The Kier molecular flexibility index (Phi) is 1.90. The third kappa shape index (κ3) is 1.48. The van der Waals surface area contributed by atoms with Crippen LogP contribution in [-0.4, -0.2) is 6.03 Å². The first-order valence-corrected chi connectivity index (χ1v) is 4.15. The van der Waals surface area contributed by atoms with Gasteiger partial charge in [-0.2, -0.15) is 0 Å². The highest BCUT2D eigenvalue weighted by Gasteiger charge is 2.16. The second-order valence-electron chi connectivity index (χ2n) is 3.00. The van der Waals surface area contributed by atoms with Gasteiger partial charge in [0, 0.05) is 6.54 Å². The average molecular weight is 177 g/mol. The van der Waals surface area contributed by atoms with Crippen LogP contribution in [0.5, 0.6) is 0 Å². The molecule has 0 bridgehead atoms. The maximum Gasteiger partial charge on any atom is 0.316 e. The fourth-order valence-electron chi connectivity index (χ4n) is 1.44. The van der Waals surface area contributed by atoms with Gasteiger partial charge in [0.1, 0.15) is 6.17 Å². The van der Waals surface area contributed by atoms with Crippen LogP contribution in [0.1, 0.15) is 17.3 Å². The zero-order valence-electron chi connectivity index (χ0n) is 7.08. The molecule has 0 aliphatic carbocycles. The molecular weight excluding hydrogens is 166 g/mol. The molecule has 1 heterocycles. The lowest BCUT2D eigenvalue weighted by Crippen LogP contribution is -2.37. The molecule has 4 heteroatoms. The number of rotatable bonds is 0. The quantitative estimate of drug-likeness (QED) is 0.539. The largest absolute Gasteiger partial charge is 0.334 e. The van der Waals surface area contributed by atoms with Crippen molar-refractivity contribution in [3.63, 3.8) is 0 Å². The van der Waals surface area contributed by atoms with Gasteiger partial charge in [-0.1, -0.05) is 24.3 Å². The minimum Gasteiger partial charge on any atom is -0.334 e. The highest BCUT2D eigenvalue weighted by atomic mass is 16.2. The molecule has 4 nitrogen and oxygen atoms in total. The number of amides is 2. The molecule has 1 aliphatic heterocycles. The number of carbonyl (C=O) groups is 1. The zero-order valence-corrected chi connectivity index (χ0v) is 7.08. The van der Waals surface area contributed by atoms with Crippen molar-refractivity contribution in [2.24, 2.45) is 5.73 Å². The van der Waals surface area contributed by atoms with E-state index in [1.54, 1.807) is 0 Å². The maximum absolute atomic E-state index is 11.1. The lowest BCUT2D eigenvalue weighted by Gasteiger charge is -2.11. The second kappa shape index (κ2) is 3.06. The van der Waals surface area contributed by atoms with Crippen molar-refractivity contribution in [1.29, 1.82) is 0 Å². The normalized spacial score (nSPS) is 21.0. The standard InChI is InChI=1S/C9H11N3O/c10-8-7-4-2-1-3-6(7)5-11-9(13)12-8/h1-4,8H,5,10H2,(H2,11,12,13). The van der Waals surface area contributed by atoms with E-state index in [2.05, 4.69) is 10.6 Å². The third-order valence-electron chi connectivity index (χ3n) is 2.12. The van der Waals surface area contributed by atoms with Gasteiger partial charge in [-0.05, 0) is 11.1 Å². The molecule has 1 atom stereocenters. The van der Waals surface area contributed by atoms with Crippen molar-refractivity contribution < 1.29 is 4.79 Å². The predicted octanol–water partition coefficient (Wildman–Crippen LogP) is 0.457. The summed E-state index contributed by atoms with van der Waals surface area (Å²) in [6.07, 6.45) is -0.404. The number of urea groups is 1. The molecule has 13 heavy (non-hydrogen) atoms. The Bertz CT molecular complexity index is 337. The van der Waals surface area contributed by atoms with E-state index >= 15 is 0 Å². The zero-order chi connectivity index (χ0) is 9.26. The summed E-state index contributed by atoms with van der Waals surface area (Å²) in [4.78, 5) is 11.1. The Morgan fingerprint density at radius 1 is 1.38 bits per heavy atom. The summed E-state index contributed by atoms with van der Waals surface area (Å²) in [7, 11) is 0. The topological polar surface area (TPSA) is 67.1 Å². The van der Waals surface area contributed by atoms with E-state index in [0.29, 0.717) is 6.54 Å². The monoisotopic (exact) mass is 177 g/mol. The van der Waals surface area contributed by atoms with E-state index in [-0.39, 0.29) is 6.03 Å². The van der Waals surface area contributed by atoms with Crippen LogP contribution in [0.2, 0.25) is 0 Å². The van der Waals surface area contributed by atoms with Crippen LogP contribution in [0.4, 0.5) is 4.79 Å². The number of hydrogen-bond acceptors (Lipinski definition) is 2. The molecule has 1 unspecified atom stereocenters. The number of hydrogen-bond donors (Lipinski definition) is 3. The molecule has 0 spiro atoms. The van der Waals surface area contributed by atoms with Gasteiger partial charge in [0.05, 0.1) is 0 Å². The van der Waals surface area contributed by atoms with Crippen LogP contribution in [0.15, 0.2) is 24.3 Å². The van der Waals surface area contributed by atoms with Crippen molar-refractivity contribution in [3.8, 4) is 0 Å². The molecule has 0 radical (unpaired) electrons. The SMILES string of the molecule is NC1NC(=O)NCc2ccccc21. The molecule has 0 saturated carbocycles. The molecule has 0 saturated heterocycles. The molecule has 0 fully saturated rings. The summed E-state index contributed by atoms with van der Waals surface area (Å²) in [5.41, 5.74) is 7.80. The van der Waals surface area contributed by atoms with E-state index in [1.165, 1.54) is 0 Å². The molecule has 2 amide bonds. The smallest absolute Gasteiger partial charge is 0.316 e. The van der Waals surface area contributed by atoms with E-state index in [0.717, 1.165) is 11.1 Å². The molecule has 1 aromatic rings. The van der Waals surface area contributed by atoms with Crippen molar-refractivity contribution in [2.75, 3.05) is 0 Å². The highest BCUT2D eigenvalue weighted by Crippen LogP contribution is 2.15. The maximum atomic E-state index is 11.1. The Morgan fingerprint density at radius 3 is 3.00 bits per heavy atom. The van der Waals surface area contributed by atoms with Crippen LogP contribution in [0.25, 0.3) is 0 Å². The average Bonchev–Trinajstić information content (AvgIpc) is 2.27.